The fourth-order valence-electron chi connectivity index (χ4n) is 0.982. The maximum atomic E-state index is 5.03. The van der Waals surface area contributed by atoms with E-state index in [1.807, 2.05) is 0 Å². The molecule has 0 aliphatic rings. The molecule has 2 heterocycles. The van der Waals surface area contributed by atoms with Gasteiger partial charge in [0.1, 0.15) is 5.52 Å². The molecule has 0 aromatic carbocycles. The maximum Gasteiger partial charge on any atom is 0.164 e. The molecule has 4 nitrogen and oxygen atoms in total. The first-order valence-corrected chi connectivity index (χ1v) is 3.24. The Morgan fingerprint density at radius 3 is 3.00 bits per heavy atom. The average Bonchev–Trinajstić information content (AvgIpc) is 2.47. The van der Waals surface area contributed by atoms with Crippen molar-refractivity contribution in [2.75, 3.05) is 7.11 Å². The van der Waals surface area contributed by atoms with Crippen LogP contribution in [0.1, 0.15) is 0 Å². The van der Waals surface area contributed by atoms with Gasteiger partial charge in [-0.2, -0.15) is 0 Å². The number of rotatable bonds is 1. The zero-order chi connectivity index (χ0) is 7.68. The summed E-state index contributed by atoms with van der Waals surface area (Å²) in [5, 5.41) is 0. The lowest BCUT2D eigenvalue weighted by molar-refractivity contribution is 0.419. The molecule has 0 aliphatic carbocycles. The van der Waals surface area contributed by atoms with Crippen LogP contribution in [0.15, 0.2) is 18.6 Å². The Balaban J connectivity index is 2.76. The summed E-state index contributed by atoms with van der Waals surface area (Å²) in [4.78, 5) is 11.1. The highest BCUT2D eigenvalue weighted by Gasteiger charge is 2.02. The molecule has 4 heteroatoms. The van der Waals surface area contributed by atoms with Crippen LogP contribution in [0.4, 0.5) is 0 Å². The molecule has 2 aromatic rings. The molecule has 0 aliphatic heterocycles. The maximum absolute atomic E-state index is 5.03. The molecule has 0 bridgehead atoms. The first-order chi connectivity index (χ1) is 5.42. The highest BCUT2D eigenvalue weighted by molar-refractivity contribution is 5.77. The molecule has 0 saturated heterocycles. The van der Waals surface area contributed by atoms with Crippen LogP contribution in [0.25, 0.3) is 11.2 Å². The van der Waals surface area contributed by atoms with E-state index < -0.39 is 0 Å². The molecular formula is C7H7N3O. The van der Waals surface area contributed by atoms with Crippen molar-refractivity contribution in [3.8, 4) is 5.75 Å². The van der Waals surface area contributed by atoms with Gasteiger partial charge in [-0.15, -0.1) is 0 Å². The van der Waals surface area contributed by atoms with Crippen molar-refractivity contribution in [3.05, 3.63) is 18.6 Å². The van der Waals surface area contributed by atoms with Crippen LogP contribution in [0.2, 0.25) is 0 Å². The second-order valence-electron chi connectivity index (χ2n) is 2.11. The van der Waals surface area contributed by atoms with Gasteiger partial charge >= 0.3 is 0 Å². The number of nitrogens with one attached hydrogen (secondary N) is 1. The third-order valence-electron chi connectivity index (χ3n) is 1.49. The van der Waals surface area contributed by atoms with E-state index in [9.17, 15) is 0 Å². The Bertz CT molecular complexity index is 368. The smallest absolute Gasteiger partial charge is 0.164 e. The predicted molar refractivity (Wildman–Crippen MR) is 40.4 cm³/mol. The Morgan fingerprint density at radius 1 is 1.36 bits per heavy atom. The van der Waals surface area contributed by atoms with E-state index in [0.717, 1.165) is 16.9 Å². The van der Waals surface area contributed by atoms with Crippen LogP contribution in [0, 0.1) is 0 Å². The molecule has 56 valence electrons. The Kier molecular flexibility index (Phi) is 1.25. The quantitative estimate of drug-likeness (QED) is 0.657. The standard InChI is InChI=1S/C7H7N3O/c1-11-5-4-10-7-6(5)8-2-3-9-7/h2-4H,1H3,(H,9,10). The van der Waals surface area contributed by atoms with E-state index in [-0.39, 0.29) is 0 Å². The number of methoxy groups -OCH3 is 1. The summed E-state index contributed by atoms with van der Waals surface area (Å²) in [6, 6.07) is 0. The summed E-state index contributed by atoms with van der Waals surface area (Å²) >= 11 is 0. The topological polar surface area (TPSA) is 50.8 Å². The number of fused-ring (bicyclic) bond motifs is 1. The van der Waals surface area contributed by atoms with Gasteiger partial charge < -0.3 is 9.72 Å². The first-order valence-electron chi connectivity index (χ1n) is 3.24. The molecular weight excluding hydrogens is 142 g/mol. The number of aromatic amines is 1. The van der Waals surface area contributed by atoms with Gasteiger partial charge in [0.15, 0.2) is 11.4 Å². The van der Waals surface area contributed by atoms with Gasteiger partial charge in [0.25, 0.3) is 0 Å². The van der Waals surface area contributed by atoms with Gasteiger partial charge in [-0.1, -0.05) is 0 Å². The molecule has 0 unspecified atom stereocenters. The molecule has 2 aromatic heterocycles. The fourth-order valence-corrected chi connectivity index (χ4v) is 0.982. The summed E-state index contributed by atoms with van der Waals surface area (Å²) in [5.41, 5.74) is 1.53. The number of hydrogen-bond acceptors (Lipinski definition) is 3. The van der Waals surface area contributed by atoms with E-state index in [1.165, 1.54) is 0 Å². The summed E-state index contributed by atoms with van der Waals surface area (Å²) in [6.07, 6.45) is 5.02. The normalized spacial score (nSPS) is 10.3. The second kappa shape index (κ2) is 2.23. The first kappa shape index (κ1) is 6.15. The van der Waals surface area contributed by atoms with Crippen molar-refractivity contribution in [3.63, 3.8) is 0 Å². The van der Waals surface area contributed by atoms with Crippen LogP contribution < -0.4 is 4.74 Å². The summed E-state index contributed by atoms with van der Waals surface area (Å²) in [5.74, 6) is 0.730. The van der Waals surface area contributed by atoms with Crippen molar-refractivity contribution in [1.29, 1.82) is 0 Å². The van der Waals surface area contributed by atoms with Crippen LogP contribution in [0.5, 0.6) is 5.75 Å². The van der Waals surface area contributed by atoms with E-state index in [2.05, 4.69) is 15.0 Å². The monoisotopic (exact) mass is 149 g/mol. The zero-order valence-electron chi connectivity index (χ0n) is 6.03. The third kappa shape index (κ3) is 0.832. The van der Waals surface area contributed by atoms with Crippen molar-refractivity contribution in [2.45, 2.75) is 0 Å². The number of hydrogen-bond donors (Lipinski definition) is 1. The van der Waals surface area contributed by atoms with Gasteiger partial charge in [-0.05, 0) is 0 Å². The third-order valence-corrected chi connectivity index (χ3v) is 1.49. The highest BCUT2D eigenvalue weighted by Crippen LogP contribution is 2.19. The SMILES string of the molecule is COc1c[nH]c2nccnc12. The fraction of sp³-hybridized carbons (Fsp3) is 0.143. The predicted octanol–water partition coefficient (Wildman–Crippen LogP) is 0.966. The van der Waals surface area contributed by atoms with Gasteiger partial charge in [0.2, 0.25) is 0 Å². The van der Waals surface area contributed by atoms with Crippen molar-refractivity contribution in [2.24, 2.45) is 0 Å². The zero-order valence-corrected chi connectivity index (χ0v) is 6.03. The minimum atomic E-state index is 0.730. The lowest BCUT2D eigenvalue weighted by Crippen LogP contribution is -1.82. The highest BCUT2D eigenvalue weighted by atomic mass is 16.5. The largest absolute Gasteiger partial charge is 0.493 e. The molecule has 0 radical (unpaired) electrons. The Labute approximate surface area is 63.2 Å². The molecule has 0 spiro atoms. The Morgan fingerprint density at radius 2 is 2.18 bits per heavy atom. The van der Waals surface area contributed by atoms with Gasteiger partial charge in [0.05, 0.1) is 7.11 Å². The summed E-state index contributed by atoms with van der Waals surface area (Å²) < 4.78 is 5.03. The van der Waals surface area contributed by atoms with Crippen LogP contribution in [0.3, 0.4) is 0 Å². The lowest BCUT2D eigenvalue weighted by atomic mass is 10.5. The van der Waals surface area contributed by atoms with E-state index in [0.29, 0.717) is 0 Å². The van der Waals surface area contributed by atoms with Crippen LogP contribution in [-0.2, 0) is 0 Å². The second-order valence-corrected chi connectivity index (χ2v) is 2.11. The summed E-state index contributed by atoms with van der Waals surface area (Å²) in [7, 11) is 1.61. The number of aromatic nitrogens is 3. The molecule has 1 N–H and O–H groups in total. The van der Waals surface area contributed by atoms with Crippen molar-refractivity contribution >= 4 is 11.2 Å². The molecule has 0 saturated carbocycles. The molecule has 0 fully saturated rings. The van der Waals surface area contributed by atoms with Crippen molar-refractivity contribution in [1.82, 2.24) is 15.0 Å². The molecule has 2 rings (SSSR count). The van der Waals surface area contributed by atoms with Gasteiger partial charge in [-0.25, -0.2) is 9.97 Å². The van der Waals surface area contributed by atoms with Crippen LogP contribution in [-0.4, -0.2) is 22.1 Å². The molecule has 11 heavy (non-hydrogen) atoms. The van der Waals surface area contributed by atoms with Crippen molar-refractivity contribution < 1.29 is 4.74 Å². The van der Waals surface area contributed by atoms with Gasteiger partial charge in [0, 0.05) is 18.6 Å². The lowest BCUT2D eigenvalue weighted by Gasteiger charge is -1.92. The van der Waals surface area contributed by atoms with Gasteiger partial charge in [-0.3, -0.25) is 0 Å². The van der Waals surface area contributed by atoms with E-state index in [1.54, 1.807) is 25.7 Å². The average molecular weight is 149 g/mol. The number of H-pyrrole nitrogens is 1. The minimum absolute atomic E-state index is 0.730. The number of nitrogens with zero attached hydrogens (tertiary/aromatic N) is 2. The van der Waals surface area contributed by atoms with Crippen LogP contribution >= 0.6 is 0 Å². The van der Waals surface area contributed by atoms with E-state index >= 15 is 0 Å². The molecule has 0 atom stereocenters. The Hall–Kier alpha value is -1.58. The summed E-state index contributed by atoms with van der Waals surface area (Å²) in [6.45, 7) is 0. The molecule has 0 amide bonds. The minimum Gasteiger partial charge on any atom is -0.493 e. The van der Waals surface area contributed by atoms with E-state index in [4.69, 9.17) is 4.74 Å². The number of ether oxygens (including phenoxy) is 1.